The molecule has 1 aromatic heterocycles. The molecule has 2 atom stereocenters. The highest BCUT2D eigenvalue weighted by Gasteiger charge is 2.32. The Morgan fingerprint density at radius 2 is 2.04 bits per heavy atom. The lowest BCUT2D eigenvalue weighted by atomic mass is 10.00. The Labute approximate surface area is 143 Å². The maximum absolute atomic E-state index is 12.9. The highest BCUT2D eigenvalue weighted by atomic mass is 32.2. The van der Waals surface area contributed by atoms with E-state index < -0.39 is 0 Å². The summed E-state index contributed by atoms with van der Waals surface area (Å²) in [5, 5.41) is 9.54. The van der Waals surface area contributed by atoms with E-state index in [0.717, 1.165) is 43.3 Å². The number of thioether (sulfide) groups is 1. The van der Waals surface area contributed by atoms with Crippen molar-refractivity contribution >= 4 is 17.7 Å². The fourth-order valence-electron chi connectivity index (χ4n) is 3.49. The van der Waals surface area contributed by atoms with Gasteiger partial charge in [0.2, 0.25) is 5.91 Å². The van der Waals surface area contributed by atoms with E-state index in [2.05, 4.69) is 33.5 Å². The Hall–Kier alpha value is -1.04. The Morgan fingerprint density at radius 1 is 1.26 bits per heavy atom. The molecule has 2 heterocycles. The predicted molar refractivity (Wildman–Crippen MR) is 92.6 cm³/mol. The summed E-state index contributed by atoms with van der Waals surface area (Å²) in [6.45, 7) is 8.12. The number of nitrogens with zero attached hydrogens (tertiary/aromatic N) is 4. The summed E-state index contributed by atoms with van der Waals surface area (Å²) in [5.41, 5.74) is 0. The van der Waals surface area contributed by atoms with Gasteiger partial charge in [-0.05, 0) is 52.4 Å². The molecule has 1 saturated heterocycles. The molecular formula is C17H28N4OS. The van der Waals surface area contributed by atoms with Crippen molar-refractivity contribution < 1.29 is 4.79 Å². The van der Waals surface area contributed by atoms with Crippen molar-refractivity contribution in [2.75, 3.05) is 6.54 Å². The molecule has 0 N–H and O–H groups in total. The van der Waals surface area contributed by atoms with Crippen LogP contribution in [0.3, 0.4) is 0 Å². The third kappa shape index (κ3) is 3.57. The van der Waals surface area contributed by atoms with Crippen LogP contribution < -0.4 is 0 Å². The first kappa shape index (κ1) is 16.8. The molecule has 23 heavy (non-hydrogen) atoms. The van der Waals surface area contributed by atoms with E-state index in [9.17, 15) is 4.79 Å². The van der Waals surface area contributed by atoms with E-state index in [-0.39, 0.29) is 11.2 Å². The zero-order valence-electron chi connectivity index (χ0n) is 14.5. The highest BCUT2D eigenvalue weighted by Crippen LogP contribution is 2.40. The fourth-order valence-corrected chi connectivity index (χ4v) is 4.48. The molecule has 2 fully saturated rings. The third-order valence-corrected chi connectivity index (χ3v) is 6.08. The van der Waals surface area contributed by atoms with Crippen LogP contribution in [0.2, 0.25) is 0 Å². The van der Waals surface area contributed by atoms with Gasteiger partial charge in [0.05, 0.1) is 5.25 Å². The smallest absolute Gasteiger partial charge is 0.236 e. The number of carbonyl (C=O) groups is 1. The van der Waals surface area contributed by atoms with Gasteiger partial charge in [-0.1, -0.05) is 18.7 Å². The van der Waals surface area contributed by atoms with E-state index >= 15 is 0 Å². The number of amides is 1. The van der Waals surface area contributed by atoms with Gasteiger partial charge in [-0.3, -0.25) is 4.79 Å². The Morgan fingerprint density at radius 3 is 2.70 bits per heavy atom. The van der Waals surface area contributed by atoms with Crippen molar-refractivity contribution in [2.45, 2.75) is 88.2 Å². The quantitative estimate of drug-likeness (QED) is 0.747. The number of carbonyl (C=O) groups excluding carboxylic acids is 1. The molecule has 0 bridgehead atoms. The van der Waals surface area contributed by atoms with Gasteiger partial charge in [-0.25, -0.2) is 0 Å². The number of piperidine rings is 1. The Bertz CT molecular complexity index is 555. The lowest BCUT2D eigenvalue weighted by Gasteiger charge is -2.36. The molecule has 3 rings (SSSR count). The summed E-state index contributed by atoms with van der Waals surface area (Å²) in [6.07, 6.45) is 7.04. The van der Waals surface area contributed by atoms with Crippen LogP contribution in [0, 0.1) is 0 Å². The van der Waals surface area contributed by atoms with Gasteiger partial charge in [0.15, 0.2) is 5.16 Å². The van der Waals surface area contributed by atoms with Crippen molar-refractivity contribution in [2.24, 2.45) is 0 Å². The summed E-state index contributed by atoms with van der Waals surface area (Å²) in [5.74, 6) is 1.97. The molecular weight excluding hydrogens is 308 g/mol. The zero-order valence-corrected chi connectivity index (χ0v) is 15.3. The van der Waals surface area contributed by atoms with Crippen molar-refractivity contribution in [3.05, 3.63) is 5.82 Å². The SMILES string of the molecule is CCC1CCCCN1C(=O)C(C)Sc1nnc(C2CC2)n1CC. The highest BCUT2D eigenvalue weighted by molar-refractivity contribution is 8.00. The molecule has 1 amide bonds. The van der Waals surface area contributed by atoms with Crippen molar-refractivity contribution in [3.63, 3.8) is 0 Å². The predicted octanol–water partition coefficient (Wildman–Crippen LogP) is 3.45. The first-order chi connectivity index (χ1) is 11.2. The third-order valence-electron chi connectivity index (χ3n) is 5.02. The number of aromatic nitrogens is 3. The molecule has 5 nitrogen and oxygen atoms in total. The van der Waals surface area contributed by atoms with Crippen LogP contribution in [0.1, 0.15) is 71.0 Å². The summed E-state index contributed by atoms with van der Waals surface area (Å²) >= 11 is 1.57. The number of likely N-dealkylation sites (tertiary alicyclic amines) is 1. The van der Waals surface area contributed by atoms with Crippen molar-refractivity contribution in [3.8, 4) is 0 Å². The van der Waals surface area contributed by atoms with Crippen LogP contribution >= 0.6 is 11.8 Å². The van der Waals surface area contributed by atoms with Gasteiger partial charge in [0, 0.05) is 25.0 Å². The van der Waals surface area contributed by atoms with Crippen LogP contribution in [0.5, 0.6) is 0 Å². The van der Waals surface area contributed by atoms with E-state index in [1.807, 2.05) is 6.92 Å². The van der Waals surface area contributed by atoms with Crippen LogP contribution in [0.4, 0.5) is 0 Å². The second kappa shape index (κ2) is 7.24. The molecule has 1 aliphatic heterocycles. The molecule has 128 valence electrons. The average Bonchev–Trinajstić information content (AvgIpc) is 3.35. The van der Waals surface area contributed by atoms with Gasteiger partial charge in [-0.2, -0.15) is 0 Å². The second-order valence-electron chi connectivity index (χ2n) is 6.71. The maximum atomic E-state index is 12.9. The summed E-state index contributed by atoms with van der Waals surface area (Å²) in [6, 6.07) is 0.422. The largest absolute Gasteiger partial charge is 0.339 e. The molecule has 0 aromatic carbocycles. The first-order valence-corrected chi connectivity index (χ1v) is 9.93. The standard InChI is InChI=1S/C17H28N4OS/c1-4-14-8-6-7-11-21(14)16(22)12(3)23-17-19-18-15(13-9-10-13)20(17)5-2/h12-14H,4-11H2,1-3H3. The first-order valence-electron chi connectivity index (χ1n) is 9.05. The minimum absolute atomic E-state index is 0.0938. The van der Waals surface area contributed by atoms with E-state index in [4.69, 9.17) is 0 Å². The lowest BCUT2D eigenvalue weighted by Crippen LogP contribution is -2.46. The average molecular weight is 337 g/mol. The van der Waals surface area contributed by atoms with Gasteiger partial charge in [0.25, 0.3) is 0 Å². The summed E-state index contributed by atoms with van der Waals surface area (Å²) in [7, 11) is 0. The molecule has 1 aliphatic carbocycles. The van der Waals surface area contributed by atoms with Gasteiger partial charge in [0.1, 0.15) is 5.82 Å². The van der Waals surface area contributed by atoms with Crippen LogP contribution in [0.15, 0.2) is 5.16 Å². The number of rotatable bonds is 6. The van der Waals surface area contributed by atoms with Gasteiger partial charge < -0.3 is 9.47 Å². The van der Waals surface area contributed by atoms with E-state index in [1.54, 1.807) is 11.8 Å². The van der Waals surface area contributed by atoms with Gasteiger partial charge in [-0.15, -0.1) is 10.2 Å². The number of hydrogen-bond donors (Lipinski definition) is 0. The fraction of sp³-hybridized carbons (Fsp3) is 0.824. The molecule has 0 radical (unpaired) electrons. The minimum Gasteiger partial charge on any atom is -0.339 e. The molecule has 0 spiro atoms. The Balaban J connectivity index is 1.68. The zero-order chi connectivity index (χ0) is 16.4. The monoisotopic (exact) mass is 336 g/mol. The maximum Gasteiger partial charge on any atom is 0.236 e. The van der Waals surface area contributed by atoms with Crippen LogP contribution in [0.25, 0.3) is 0 Å². The molecule has 2 unspecified atom stereocenters. The number of hydrogen-bond acceptors (Lipinski definition) is 4. The van der Waals surface area contributed by atoms with E-state index in [0.29, 0.717) is 12.0 Å². The second-order valence-corrected chi connectivity index (χ2v) is 8.02. The van der Waals surface area contributed by atoms with E-state index in [1.165, 1.54) is 19.3 Å². The Kier molecular flexibility index (Phi) is 5.29. The molecule has 6 heteroatoms. The summed E-state index contributed by atoms with van der Waals surface area (Å²) < 4.78 is 2.19. The molecule has 2 aliphatic rings. The van der Waals surface area contributed by atoms with Crippen LogP contribution in [-0.2, 0) is 11.3 Å². The van der Waals surface area contributed by atoms with Gasteiger partial charge >= 0.3 is 0 Å². The van der Waals surface area contributed by atoms with Crippen LogP contribution in [-0.4, -0.2) is 43.4 Å². The molecule has 1 aromatic rings. The van der Waals surface area contributed by atoms with Crippen molar-refractivity contribution in [1.29, 1.82) is 0 Å². The van der Waals surface area contributed by atoms with Crippen molar-refractivity contribution in [1.82, 2.24) is 19.7 Å². The topological polar surface area (TPSA) is 51.0 Å². The summed E-state index contributed by atoms with van der Waals surface area (Å²) in [4.78, 5) is 15.0. The minimum atomic E-state index is -0.0938. The normalized spacial score (nSPS) is 23.1. The lowest BCUT2D eigenvalue weighted by molar-refractivity contribution is -0.134. The molecule has 1 saturated carbocycles.